The van der Waals surface area contributed by atoms with E-state index in [1.165, 1.54) is 12.3 Å². The van der Waals surface area contributed by atoms with E-state index in [1.54, 1.807) is 6.07 Å². The van der Waals surface area contributed by atoms with Gasteiger partial charge in [-0.1, -0.05) is 0 Å². The van der Waals surface area contributed by atoms with Gasteiger partial charge < -0.3 is 15.5 Å². The molecule has 1 aromatic heterocycles. The second-order valence-electron chi connectivity index (χ2n) is 4.45. The summed E-state index contributed by atoms with van der Waals surface area (Å²) in [6.45, 7) is 0.735. The van der Waals surface area contributed by atoms with Gasteiger partial charge in [0, 0.05) is 36.0 Å². The molecule has 106 valence electrons. The molecule has 7 heteroatoms. The number of hydrogen-bond donors (Lipinski definition) is 2. The highest BCUT2D eigenvalue weighted by Crippen LogP contribution is 2.26. The number of rotatable bonds is 4. The van der Waals surface area contributed by atoms with Crippen LogP contribution in [0.25, 0.3) is 0 Å². The molecule has 2 aromatic rings. The van der Waals surface area contributed by atoms with Gasteiger partial charge in [0.2, 0.25) is 5.82 Å². The van der Waals surface area contributed by atoms with Crippen molar-refractivity contribution in [1.29, 1.82) is 0 Å². The Kier molecular flexibility index (Phi) is 3.38. The molecule has 0 bridgehead atoms. The van der Waals surface area contributed by atoms with Crippen LogP contribution in [-0.2, 0) is 0 Å². The van der Waals surface area contributed by atoms with E-state index >= 15 is 0 Å². The van der Waals surface area contributed by atoms with E-state index in [2.05, 4.69) is 15.6 Å². The smallest absolute Gasteiger partial charge is 0.311 e. The molecule has 0 atom stereocenters. The fourth-order valence-corrected chi connectivity index (χ4v) is 2.04. The lowest BCUT2D eigenvalue weighted by Crippen LogP contribution is -2.19. The Balaban J connectivity index is 1.79. The maximum atomic E-state index is 10.9. The van der Waals surface area contributed by atoms with Gasteiger partial charge in [-0.05, 0) is 30.3 Å². The van der Waals surface area contributed by atoms with Gasteiger partial charge in [-0.25, -0.2) is 4.98 Å². The first-order chi connectivity index (χ1) is 10.2. The molecule has 21 heavy (non-hydrogen) atoms. The van der Waals surface area contributed by atoms with Crippen molar-refractivity contribution < 1.29 is 4.92 Å². The number of pyridine rings is 1. The Morgan fingerprint density at radius 1 is 1.29 bits per heavy atom. The zero-order valence-corrected chi connectivity index (χ0v) is 11.1. The summed E-state index contributed by atoms with van der Waals surface area (Å²) < 4.78 is 0. The van der Waals surface area contributed by atoms with E-state index in [9.17, 15) is 10.1 Å². The molecule has 3 rings (SSSR count). The molecule has 0 spiro atoms. The van der Waals surface area contributed by atoms with E-state index in [1.807, 2.05) is 41.6 Å². The van der Waals surface area contributed by atoms with E-state index in [0.29, 0.717) is 0 Å². The highest BCUT2D eigenvalue weighted by atomic mass is 16.6. The zero-order valence-electron chi connectivity index (χ0n) is 11.1. The topological polar surface area (TPSA) is 83.3 Å². The van der Waals surface area contributed by atoms with Crippen LogP contribution in [0.1, 0.15) is 0 Å². The molecule has 0 saturated carbocycles. The van der Waals surface area contributed by atoms with E-state index in [4.69, 9.17) is 0 Å². The third-order valence-electron chi connectivity index (χ3n) is 3.08. The van der Waals surface area contributed by atoms with Crippen molar-refractivity contribution in [3.05, 3.63) is 65.1 Å². The summed E-state index contributed by atoms with van der Waals surface area (Å²) in [7, 11) is 0. The fraction of sp³-hybridized carbons (Fsp3) is 0.0714. The highest BCUT2D eigenvalue weighted by molar-refractivity contribution is 5.67. The maximum absolute atomic E-state index is 10.9. The van der Waals surface area contributed by atoms with Gasteiger partial charge in [-0.2, -0.15) is 0 Å². The van der Waals surface area contributed by atoms with Crippen molar-refractivity contribution in [3.8, 4) is 0 Å². The molecule has 2 N–H and O–H groups in total. The van der Waals surface area contributed by atoms with Crippen LogP contribution >= 0.6 is 0 Å². The minimum atomic E-state index is -0.454. The Bertz CT molecular complexity index is 684. The number of anilines is 3. The van der Waals surface area contributed by atoms with Crippen LogP contribution in [0.4, 0.5) is 22.9 Å². The SMILES string of the molecule is O=[N+]([O-])c1cccnc1Nc1ccc(N2C=CNC2)cc1. The Morgan fingerprint density at radius 2 is 2.10 bits per heavy atom. The molecular weight excluding hydrogens is 270 g/mol. The number of benzene rings is 1. The summed E-state index contributed by atoms with van der Waals surface area (Å²) >= 11 is 0. The molecule has 0 saturated heterocycles. The van der Waals surface area contributed by atoms with Gasteiger partial charge in [0.15, 0.2) is 0 Å². The van der Waals surface area contributed by atoms with Crippen molar-refractivity contribution in [1.82, 2.24) is 10.3 Å². The average molecular weight is 283 g/mol. The van der Waals surface area contributed by atoms with Crippen molar-refractivity contribution in [2.75, 3.05) is 16.9 Å². The molecule has 0 unspecified atom stereocenters. The summed E-state index contributed by atoms with van der Waals surface area (Å²) in [5.74, 6) is 0.234. The van der Waals surface area contributed by atoms with Crippen molar-refractivity contribution in [2.45, 2.75) is 0 Å². The number of nitrogens with zero attached hydrogens (tertiary/aromatic N) is 3. The third kappa shape index (κ3) is 2.76. The van der Waals surface area contributed by atoms with Gasteiger partial charge >= 0.3 is 5.69 Å². The maximum Gasteiger partial charge on any atom is 0.311 e. The van der Waals surface area contributed by atoms with E-state index in [-0.39, 0.29) is 11.5 Å². The predicted molar refractivity (Wildman–Crippen MR) is 80.2 cm³/mol. The Labute approximate surface area is 121 Å². The highest BCUT2D eigenvalue weighted by Gasteiger charge is 2.14. The Hall–Kier alpha value is -3.09. The molecule has 1 aliphatic heterocycles. The lowest BCUT2D eigenvalue weighted by molar-refractivity contribution is -0.384. The normalized spacial score (nSPS) is 13.0. The van der Waals surface area contributed by atoms with Gasteiger partial charge in [0.25, 0.3) is 0 Å². The first kappa shape index (κ1) is 12.9. The lowest BCUT2D eigenvalue weighted by Gasteiger charge is -2.15. The molecule has 0 aliphatic carbocycles. The van der Waals surface area contributed by atoms with Crippen LogP contribution in [0.5, 0.6) is 0 Å². The lowest BCUT2D eigenvalue weighted by atomic mass is 10.2. The average Bonchev–Trinajstić information content (AvgIpc) is 3.03. The summed E-state index contributed by atoms with van der Waals surface area (Å²) in [6, 6.07) is 10.6. The van der Waals surface area contributed by atoms with Crippen LogP contribution in [-0.4, -0.2) is 16.6 Å². The second kappa shape index (κ2) is 5.49. The molecule has 1 aliphatic rings. The summed E-state index contributed by atoms with van der Waals surface area (Å²) in [4.78, 5) is 16.5. The number of aromatic nitrogens is 1. The Morgan fingerprint density at radius 3 is 2.76 bits per heavy atom. The predicted octanol–water partition coefficient (Wildman–Crippen LogP) is 2.57. The van der Waals surface area contributed by atoms with E-state index < -0.39 is 4.92 Å². The minimum Gasteiger partial charge on any atom is -0.372 e. The van der Waals surface area contributed by atoms with Gasteiger partial charge in [-0.15, -0.1) is 0 Å². The molecule has 7 nitrogen and oxygen atoms in total. The quantitative estimate of drug-likeness (QED) is 0.663. The number of hydrogen-bond acceptors (Lipinski definition) is 6. The van der Waals surface area contributed by atoms with Crippen LogP contribution < -0.4 is 15.5 Å². The molecule has 0 fully saturated rings. The minimum absolute atomic E-state index is 0.0479. The van der Waals surface area contributed by atoms with Crippen LogP contribution in [0.15, 0.2) is 55.0 Å². The summed E-state index contributed by atoms with van der Waals surface area (Å²) in [5.41, 5.74) is 1.74. The first-order valence-corrected chi connectivity index (χ1v) is 6.37. The molecule has 1 aromatic carbocycles. The van der Waals surface area contributed by atoms with Crippen LogP contribution in [0.3, 0.4) is 0 Å². The molecule has 0 radical (unpaired) electrons. The second-order valence-corrected chi connectivity index (χ2v) is 4.45. The zero-order chi connectivity index (χ0) is 14.7. The monoisotopic (exact) mass is 283 g/mol. The third-order valence-corrected chi connectivity index (χ3v) is 3.08. The van der Waals surface area contributed by atoms with Crippen LogP contribution in [0.2, 0.25) is 0 Å². The first-order valence-electron chi connectivity index (χ1n) is 6.37. The van der Waals surface area contributed by atoms with Gasteiger partial charge in [0.05, 0.1) is 11.6 Å². The molecular formula is C14H13N5O2. The standard InChI is InChI=1S/C14H13N5O2/c20-19(21)13-2-1-7-16-14(13)17-11-3-5-12(6-4-11)18-9-8-15-10-18/h1-9,15H,10H2,(H,16,17). The van der Waals surface area contributed by atoms with Crippen molar-refractivity contribution in [3.63, 3.8) is 0 Å². The van der Waals surface area contributed by atoms with Gasteiger partial charge in [-0.3, -0.25) is 10.1 Å². The summed E-state index contributed by atoms with van der Waals surface area (Å²) in [5, 5.41) is 17.0. The number of nitro groups is 1. The van der Waals surface area contributed by atoms with E-state index in [0.717, 1.165) is 18.0 Å². The summed E-state index contributed by atoms with van der Waals surface area (Å²) in [6.07, 6.45) is 5.35. The van der Waals surface area contributed by atoms with Crippen LogP contribution in [0, 0.1) is 10.1 Å². The van der Waals surface area contributed by atoms with Crippen molar-refractivity contribution in [2.24, 2.45) is 0 Å². The molecule has 2 heterocycles. The van der Waals surface area contributed by atoms with Gasteiger partial charge in [0.1, 0.15) is 0 Å². The van der Waals surface area contributed by atoms with Crippen molar-refractivity contribution >= 4 is 22.9 Å². The largest absolute Gasteiger partial charge is 0.372 e. The number of nitrogens with one attached hydrogen (secondary N) is 2. The fourth-order valence-electron chi connectivity index (χ4n) is 2.04. The molecule has 0 amide bonds.